The second kappa shape index (κ2) is 7.02. The average molecular weight is 316 g/mol. The summed E-state index contributed by atoms with van der Waals surface area (Å²) < 4.78 is 5.41. The third-order valence-corrected chi connectivity index (χ3v) is 4.43. The van der Waals surface area contributed by atoms with Crippen molar-refractivity contribution in [3.8, 4) is 5.75 Å². The number of ether oxygens (including phenoxy) is 1. The molecular formula is C18H24N2O3. The van der Waals surface area contributed by atoms with Gasteiger partial charge in [0.15, 0.2) is 0 Å². The molecule has 1 aliphatic heterocycles. The summed E-state index contributed by atoms with van der Waals surface area (Å²) in [6, 6.07) is 7.28. The average Bonchev–Trinajstić information content (AvgIpc) is 3.41. The van der Waals surface area contributed by atoms with Gasteiger partial charge in [0.1, 0.15) is 5.75 Å². The van der Waals surface area contributed by atoms with E-state index in [0.717, 1.165) is 31.6 Å². The molecule has 1 aromatic carbocycles. The normalized spacial score (nSPS) is 18.5. The third-order valence-electron chi connectivity index (χ3n) is 4.43. The quantitative estimate of drug-likeness (QED) is 0.855. The van der Waals surface area contributed by atoms with Gasteiger partial charge < -0.3 is 14.5 Å². The van der Waals surface area contributed by atoms with Crippen molar-refractivity contribution in [2.24, 2.45) is 5.92 Å². The summed E-state index contributed by atoms with van der Waals surface area (Å²) in [5, 5.41) is 0. The van der Waals surface area contributed by atoms with E-state index in [0.29, 0.717) is 31.8 Å². The Kier molecular flexibility index (Phi) is 4.84. The lowest BCUT2D eigenvalue weighted by atomic mass is 10.2. The van der Waals surface area contributed by atoms with Crippen LogP contribution in [0.1, 0.15) is 36.5 Å². The molecule has 0 atom stereocenters. The molecule has 0 radical (unpaired) electrons. The van der Waals surface area contributed by atoms with Crippen LogP contribution in [-0.4, -0.2) is 54.4 Å². The third kappa shape index (κ3) is 3.84. The van der Waals surface area contributed by atoms with Crippen molar-refractivity contribution in [1.82, 2.24) is 9.80 Å². The number of carbonyl (C=O) groups is 2. The van der Waals surface area contributed by atoms with Crippen LogP contribution in [-0.2, 0) is 4.79 Å². The number of nitrogens with zero attached hydrogens (tertiary/aromatic N) is 2. The van der Waals surface area contributed by atoms with Crippen LogP contribution in [0.3, 0.4) is 0 Å². The summed E-state index contributed by atoms with van der Waals surface area (Å²) in [5.74, 6) is 1.35. The minimum Gasteiger partial charge on any atom is -0.494 e. The standard InChI is InChI=1S/C18H24N2O3/c1-2-23-16-8-6-15(7-9-16)18(22)20-11-3-10-19(12-13-20)17(21)14-4-5-14/h6-9,14H,2-5,10-13H2,1H3. The van der Waals surface area contributed by atoms with Crippen molar-refractivity contribution in [2.75, 3.05) is 32.8 Å². The van der Waals surface area contributed by atoms with E-state index in [1.807, 2.05) is 41.0 Å². The van der Waals surface area contributed by atoms with Crippen molar-refractivity contribution < 1.29 is 14.3 Å². The summed E-state index contributed by atoms with van der Waals surface area (Å²) in [4.78, 5) is 28.6. The number of hydrogen-bond acceptors (Lipinski definition) is 3. The molecule has 0 N–H and O–H groups in total. The molecular weight excluding hydrogens is 292 g/mol. The van der Waals surface area contributed by atoms with E-state index in [-0.39, 0.29) is 17.7 Å². The highest BCUT2D eigenvalue weighted by molar-refractivity contribution is 5.94. The van der Waals surface area contributed by atoms with Gasteiger partial charge >= 0.3 is 0 Å². The van der Waals surface area contributed by atoms with Gasteiger partial charge in [0, 0.05) is 37.7 Å². The molecule has 1 aromatic rings. The first kappa shape index (κ1) is 15.8. The molecule has 3 rings (SSSR count). The Morgan fingerprint density at radius 2 is 1.70 bits per heavy atom. The van der Waals surface area contributed by atoms with Crippen LogP contribution < -0.4 is 4.74 Å². The minimum absolute atomic E-state index is 0.0359. The van der Waals surface area contributed by atoms with Gasteiger partial charge in [0.2, 0.25) is 5.91 Å². The molecule has 2 fully saturated rings. The lowest BCUT2D eigenvalue weighted by molar-refractivity contribution is -0.132. The van der Waals surface area contributed by atoms with Crippen LogP contribution >= 0.6 is 0 Å². The Hall–Kier alpha value is -2.04. The lowest BCUT2D eigenvalue weighted by Gasteiger charge is -2.22. The van der Waals surface area contributed by atoms with Crippen LogP contribution in [0, 0.1) is 5.92 Å². The lowest BCUT2D eigenvalue weighted by Crippen LogP contribution is -2.37. The number of amides is 2. The Balaban J connectivity index is 1.59. The van der Waals surface area contributed by atoms with E-state index in [2.05, 4.69) is 0 Å². The van der Waals surface area contributed by atoms with Crippen molar-refractivity contribution >= 4 is 11.8 Å². The van der Waals surface area contributed by atoms with Crippen LogP contribution in [0.4, 0.5) is 0 Å². The highest BCUT2D eigenvalue weighted by atomic mass is 16.5. The highest BCUT2D eigenvalue weighted by Crippen LogP contribution is 2.31. The fourth-order valence-corrected chi connectivity index (χ4v) is 2.97. The van der Waals surface area contributed by atoms with Gasteiger partial charge in [0.25, 0.3) is 5.91 Å². The van der Waals surface area contributed by atoms with Crippen LogP contribution in [0.2, 0.25) is 0 Å². The molecule has 2 aliphatic rings. The Morgan fingerprint density at radius 3 is 2.35 bits per heavy atom. The Labute approximate surface area is 137 Å². The van der Waals surface area contributed by atoms with Crippen LogP contribution in [0.25, 0.3) is 0 Å². The fraction of sp³-hybridized carbons (Fsp3) is 0.556. The smallest absolute Gasteiger partial charge is 0.253 e. The Morgan fingerprint density at radius 1 is 1.04 bits per heavy atom. The molecule has 0 aromatic heterocycles. The zero-order valence-corrected chi connectivity index (χ0v) is 13.7. The molecule has 1 saturated heterocycles. The number of hydrogen-bond donors (Lipinski definition) is 0. The molecule has 124 valence electrons. The summed E-state index contributed by atoms with van der Waals surface area (Å²) in [7, 11) is 0. The van der Waals surface area contributed by atoms with Crippen molar-refractivity contribution in [3.63, 3.8) is 0 Å². The molecule has 0 unspecified atom stereocenters. The molecule has 1 heterocycles. The molecule has 1 saturated carbocycles. The van der Waals surface area contributed by atoms with Gasteiger partial charge in [0.05, 0.1) is 6.61 Å². The summed E-state index contributed by atoms with van der Waals surface area (Å²) >= 11 is 0. The van der Waals surface area contributed by atoms with Crippen LogP contribution in [0.15, 0.2) is 24.3 Å². The van der Waals surface area contributed by atoms with Crippen molar-refractivity contribution in [1.29, 1.82) is 0 Å². The zero-order chi connectivity index (χ0) is 16.2. The van der Waals surface area contributed by atoms with Crippen molar-refractivity contribution in [3.05, 3.63) is 29.8 Å². The number of benzene rings is 1. The number of rotatable bonds is 4. The second-order valence-corrected chi connectivity index (χ2v) is 6.20. The first-order chi connectivity index (χ1) is 11.2. The predicted molar refractivity (Wildman–Crippen MR) is 87.4 cm³/mol. The monoisotopic (exact) mass is 316 g/mol. The second-order valence-electron chi connectivity index (χ2n) is 6.20. The van der Waals surface area contributed by atoms with Gasteiger partial charge in [-0.25, -0.2) is 0 Å². The van der Waals surface area contributed by atoms with Gasteiger partial charge in [-0.05, 0) is 50.5 Å². The van der Waals surface area contributed by atoms with Crippen molar-refractivity contribution in [2.45, 2.75) is 26.2 Å². The largest absolute Gasteiger partial charge is 0.494 e. The van der Waals surface area contributed by atoms with E-state index in [4.69, 9.17) is 4.74 Å². The van der Waals surface area contributed by atoms with E-state index < -0.39 is 0 Å². The molecule has 0 bridgehead atoms. The van der Waals surface area contributed by atoms with Gasteiger partial charge in [-0.1, -0.05) is 0 Å². The van der Waals surface area contributed by atoms with Gasteiger partial charge in [-0.2, -0.15) is 0 Å². The highest BCUT2D eigenvalue weighted by Gasteiger charge is 2.34. The maximum absolute atomic E-state index is 12.6. The molecule has 23 heavy (non-hydrogen) atoms. The topological polar surface area (TPSA) is 49.9 Å². The summed E-state index contributed by atoms with van der Waals surface area (Å²) in [6.07, 6.45) is 2.91. The van der Waals surface area contributed by atoms with E-state index in [1.165, 1.54) is 0 Å². The predicted octanol–water partition coefficient (Wildman–Crippen LogP) is 2.17. The molecule has 2 amide bonds. The van der Waals surface area contributed by atoms with E-state index >= 15 is 0 Å². The molecule has 1 aliphatic carbocycles. The number of carbonyl (C=O) groups excluding carboxylic acids is 2. The molecule has 5 heteroatoms. The summed E-state index contributed by atoms with van der Waals surface area (Å²) in [6.45, 7) is 5.29. The SMILES string of the molecule is CCOc1ccc(C(=O)N2CCCN(C(=O)C3CC3)CC2)cc1. The fourth-order valence-electron chi connectivity index (χ4n) is 2.97. The maximum atomic E-state index is 12.6. The minimum atomic E-state index is 0.0359. The van der Waals surface area contributed by atoms with Gasteiger partial charge in [-0.3, -0.25) is 9.59 Å². The first-order valence-corrected chi connectivity index (χ1v) is 8.50. The summed E-state index contributed by atoms with van der Waals surface area (Å²) in [5.41, 5.74) is 0.676. The van der Waals surface area contributed by atoms with E-state index in [9.17, 15) is 9.59 Å². The first-order valence-electron chi connectivity index (χ1n) is 8.50. The zero-order valence-electron chi connectivity index (χ0n) is 13.7. The molecule has 5 nitrogen and oxygen atoms in total. The molecule has 0 spiro atoms. The van der Waals surface area contributed by atoms with Crippen LogP contribution in [0.5, 0.6) is 5.75 Å². The van der Waals surface area contributed by atoms with E-state index in [1.54, 1.807) is 0 Å². The van der Waals surface area contributed by atoms with Gasteiger partial charge in [-0.15, -0.1) is 0 Å². The Bertz CT molecular complexity index is 566. The maximum Gasteiger partial charge on any atom is 0.253 e.